The summed E-state index contributed by atoms with van der Waals surface area (Å²) < 4.78 is 1.49. The van der Waals surface area contributed by atoms with E-state index in [0.717, 1.165) is 10.6 Å². The number of nitrogens with zero attached hydrogens (tertiary/aromatic N) is 1. The van der Waals surface area contributed by atoms with Crippen molar-refractivity contribution in [3.05, 3.63) is 55.8 Å². The molecule has 0 saturated heterocycles. The predicted molar refractivity (Wildman–Crippen MR) is 84.5 cm³/mol. The fourth-order valence-electron chi connectivity index (χ4n) is 2.39. The number of imide groups is 1. The Hall–Kier alpha value is -2.94. The van der Waals surface area contributed by atoms with Gasteiger partial charge in [-0.2, -0.15) is 0 Å². The maximum atomic E-state index is 12.3. The molecule has 0 saturated carbocycles. The summed E-state index contributed by atoms with van der Waals surface area (Å²) in [7, 11) is 0. The summed E-state index contributed by atoms with van der Waals surface area (Å²) in [5.74, 6) is -2.23. The van der Waals surface area contributed by atoms with Gasteiger partial charge in [0.2, 0.25) is 5.91 Å². The van der Waals surface area contributed by atoms with E-state index in [1.54, 1.807) is 0 Å². The number of carbonyl (C=O) groups excluding carboxylic acids is 3. The molecule has 23 heavy (non-hydrogen) atoms. The van der Waals surface area contributed by atoms with Gasteiger partial charge < -0.3 is 11.5 Å². The second-order valence-corrected chi connectivity index (χ2v) is 5.66. The highest BCUT2D eigenvalue weighted by molar-refractivity contribution is 9.10. The van der Waals surface area contributed by atoms with Gasteiger partial charge in [-0.3, -0.25) is 29.1 Å². The number of benzene rings is 1. The number of amides is 3. The predicted octanol–water partition coefficient (Wildman–Crippen LogP) is 0.165. The van der Waals surface area contributed by atoms with Gasteiger partial charge in [-0.25, -0.2) is 0 Å². The minimum atomic E-state index is -0.695. The fourth-order valence-corrected chi connectivity index (χ4v) is 2.83. The van der Waals surface area contributed by atoms with Crippen LogP contribution in [0.3, 0.4) is 0 Å². The number of anilines is 1. The summed E-state index contributed by atoms with van der Waals surface area (Å²) in [6.07, 6.45) is 0. The average Bonchev–Trinajstić information content (AvgIpc) is 2.75. The first-order valence-electron chi connectivity index (χ1n) is 6.32. The molecule has 116 valence electrons. The first kappa shape index (κ1) is 15.0. The number of aromatic nitrogens is 1. The molecule has 9 heteroatoms. The molecule has 0 fully saturated rings. The lowest BCUT2D eigenvalue weighted by Crippen LogP contribution is -2.24. The molecule has 0 spiro atoms. The van der Waals surface area contributed by atoms with Crippen molar-refractivity contribution in [3.63, 3.8) is 0 Å². The van der Waals surface area contributed by atoms with Crippen LogP contribution < -0.4 is 22.3 Å². The van der Waals surface area contributed by atoms with Crippen molar-refractivity contribution in [1.29, 1.82) is 0 Å². The zero-order valence-electron chi connectivity index (χ0n) is 11.4. The first-order chi connectivity index (χ1) is 10.8. The molecule has 1 aliphatic heterocycles. The molecule has 0 atom stereocenters. The lowest BCUT2D eigenvalue weighted by molar-refractivity contribution is 0.0878. The van der Waals surface area contributed by atoms with Crippen LogP contribution in [-0.2, 0) is 0 Å². The molecule has 1 aromatic heterocycles. The fraction of sp³-hybridized carbons (Fsp3) is 0. The molecular weight excluding hydrogens is 368 g/mol. The number of hydrogen-bond acceptors (Lipinski definition) is 5. The van der Waals surface area contributed by atoms with Crippen molar-refractivity contribution in [2.75, 3.05) is 5.73 Å². The highest BCUT2D eigenvalue weighted by Gasteiger charge is 2.31. The van der Waals surface area contributed by atoms with Crippen LogP contribution in [0.2, 0.25) is 0 Å². The van der Waals surface area contributed by atoms with E-state index >= 15 is 0 Å². The normalized spacial score (nSPS) is 12.9. The number of fused-ring (bicyclic) bond motifs is 1. The largest absolute Gasteiger partial charge is 0.384 e. The smallest absolute Gasteiger partial charge is 0.262 e. The van der Waals surface area contributed by atoms with Crippen LogP contribution in [0.1, 0.15) is 31.1 Å². The van der Waals surface area contributed by atoms with Gasteiger partial charge in [0.15, 0.2) is 0 Å². The topological polar surface area (TPSA) is 137 Å². The third kappa shape index (κ3) is 2.21. The van der Waals surface area contributed by atoms with Crippen LogP contribution in [-0.4, -0.2) is 22.3 Å². The monoisotopic (exact) mass is 376 g/mol. The maximum absolute atomic E-state index is 12.3. The molecule has 0 aliphatic carbocycles. The molecule has 0 bridgehead atoms. The average molecular weight is 377 g/mol. The van der Waals surface area contributed by atoms with E-state index in [1.807, 2.05) is 0 Å². The third-order valence-corrected chi connectivity index (χ3v) is 4.12. The van der Waals surface area contributed by atoms with Crippen molar-refractivity contribution >= 4 is 39.5 Å². The molecule has 0 radical (unpaired) electrons. The summed E-state index contributed by atoms with van der Waals surface area (Å²) in [4.78, 5) is 47.1. The molecule has 3 rings (SSSR count). The van der Waals surface area contributed by atoms with Crippen molar-refractivity contribution in [2.45, 2.75) is 0 Å². The number of nitrogens with one attached hydrogen (secondary N) is 1. The Morgan fingerprint density at radius 2 is 1.83 bits per heavy atom. The van der Waals surface area contributed by atoms with Crippen LogP contribution in [0.5, 0.6) is 0 Å². The minimum absolute atomic E-state index is 0.0685. The molecule has 0 unspecified atom stereocenters. The Morgan fingerprint density at radius 1 is 1.13 bits per heavy atom. The SMILES string of the molecule is NC(=O)c1cc(-n2c(N)c3c(cc2=O)C(=O)NC3=O)ccc1Br. The second-order valence-electron chi connectivity index (χ2n) is 4.80. The van der Waals surface area contributed by atoms with E-state index in [9.17, 15) is 19.2 Å². The van der Waals surface area contributed by atoms with Crippen molar-refractivity contribution in [1.82, 2.24) is 9.88 Å². The Labute approximate surface area is 137 Å². The molecule has 3 amide bonds. The quantitative estimate of drug-likeness (QED) is 0.641. The van der Waals surface area contributed by atoms with E-state index in [-0.39, 0.29) is 28.2 Å². The number of halogens is 1. The number of carbonyl (C=O) groups is 3. The minimum Gasteiger partial charge on any atom is -0.384 e. The van der Waals surface area contributed by atoms with Crippen molar-refractivity contribution < 1.29 is 14.4 Å². The molecule has 1 aliphatic rings. The summed E-state index contributed by atoms with van der Waals surface area (Å²) in [6, 6.07) is 5.44. The number of pyridine rings is 1. The summed E-state index contributed by atoms with van der Waals surface area (Å²) in [5.41, 5.74) is 10.8. The maximum Gasteiger partial charge on any atom is 0.262 e. The Balaban J connectivity index is 2.31. The summed E-state index contributed by atoms with van der Waals surface area (Å²) in [6.45, 7) is 0. The van der Waals surface area contributed by atoms with Gasteiger partial charge in [-0.15, -0.1) is 0 Å². The van der Waals surface area contributed by atoms with Crippen LogP contribution in [0, 0.1) is 0 Å². The Morgan fingerprint density at radius 3 is 2.48 bits per heavy atom. The van der Waals surface area contributed by atoms with Gasteiger partial charge in [0.1, 0.15) is 5.82 Å². The van der Waals surface area contributed by atoms with Crippen LogP contribution in [0.25, 0.3) is 5.69 Å². The van der Waals surface area contributed by atoms with Gasteiger partial charge in [-0.05, 0) is 34.1 Å². The van der Waals surface area contributed by atoms with Crippen LogP contribution in [0.15, 0.2) is 33.5 Å². The second kappa shape index (κ2) is 5.06. The number of primary amides is 1. The van der Waals surface area contributed by atoms with Gasteiger partial charge in [0.25, 0.3) is 17.4 Å². The molecule has 5 N–H and O–H groups in total. The lowest BCUT2D eigenvalue weighted by atomic mass is 10.1. The molecule has 2 aromatic rings. The van der Waals surface area contributed by atoms with Crippen LogP contribution >= 0.6 is 15.9 Å². The number of nitrogens with two attached hydrogens (primary N) is 2. The number of hydrogen-bond donors (Lipinski definition) is 3. The van der Waals surface area contributed by atoms with Gasteiger partial charge in [0.05, 0.1) is 22.4 Å². The van der Waals surface area contributed by atoms with E-state index < -0.39 is 23.3 Å². The van der Waals surface area contributed by atoms with E-state index in [0.29, 0.717) is 4.47 Å². The highest BCUT2D eigenvalue weighted by atomic mass is 79.9. The number of rotatable bonds is 2. The van der Waals surface area contributed by atoms with E-state index in [2.05, 4.69) is 21.2 Å². The Kier molecular flexibility index (Phi) is 3.29. The molecule has 8 nitrogen and oxygen atoms in total. The van der Waals surface area contributed by atoms with Crippen molar-refractivity contribution in [3.8, 4) is 5.69 Å². The third-order valence-electron chi connectivity index (χ3n) is 3.43. The molecular formula is C14H9BrN4O4. The molecule has 1 aromatic carbocycles. The first-order valence-corrected chi connectivity index (χ1v) is 7.11. The van der Waals surface area contributed by atoms with Crippen LogP contribution in [0.4, 0.5) is 5.82 Å². The van der Waals surface area contributed by atoms with E-state index in [1.165, 1.54) is 18.2 Å². The number of nitrogen functional groups attached to an aromatic ring is 1. The zero-order chi connectivity index (χ0) is 16.9. The van der Waals surface area contributed by atoms with E-state index in [4.69, 9.17) is 11.5 Å². The summed E-state index contributed by atoms with van der Waals surface area (Å²) in [5, 5.41) is 2.08. The zero-order valence-corrected chi connectivity index (χ0v) is 13.0. The lowest BCUT2D eigenvalue weighted by Gasteiger charge is -2.13. The van der Waals surface area contributed by atoms with Gasteiger partial charge in [-0.1, -0.05) is 0 Å². The van der Waals surface area contributed by atoms with Crippen molar-refractivity contribution in [2.24, 2.45) is 5.73 Å². The Bertz CT molecular complexity index is 964. The standard InChI is InChI=1S/C14H9BrN4O4/c15-8-2-1-5(3-6(8)12(17)21)19-9(20)4-7-10(11(19)16)14(23)18-13(7)22/h1-4H,16H2,(H2,17,21)(H,18,22,23). The van der Waals surface area contributed by atoms with Gasteiger partial charge >= 0.3 is 0 Å². The highest BCUT2D eigenvalue weighted by Crippen LogP contribution is 2.25. The summed E-state index contributed by atoms with van der Waals surface area (Å²) >= 11 is 3.18. The van der Waals surface area contributed by atoms with Gasteiger partial charge in [0, 0.05) is 10.5 Å². The molecule has 2 heterocycles.